The van der Waals surface area contributed by atoms with E-state index in [0.29, 0.717) is 0 Å². The summed E-state index contributed by atoms with van der Waals surface area (Å²) in [6, 6.07) is 6.71. The van der Waals surface area contributed by atoms with E-state index in [-0.39, 0.29) is 16.2 Å². The molecule has 3 rings (SSSR count). The number of hydrogen-bond acceptors (Lipinski definition) is 7. The predicted octanol–water partition coefficient (Wildman–Crippen LogP) is 2.44. The van der Waals surface area contributed by atoms with Crippen LogP contribution in [0.1, 0.15) is 13.8 Å². The van der Waals surface area contributed by atoms with Gasteiger partial charge in [-0.3, -0.25) is 4.79 Å². The number of fused-ring (bicyclic) bond motifs is 1. The monoisotopic (exact) mass is 527 g/mol. The van der Waals surface area contributed by atoms with Gasteiger partial charge in [-0.05, 0) is 26.0 Å². The van der Waals surface area contributed by atoms with E-state index < -0.39 is 36.9 Å². The molecule has 0 N–H and O–H groups in total. The lowest BCUT2D eigenvalue weighted by Crippen LogP contribution is -2.68. The number of esters is 1. The van der Waals surface area contributed by atoms with Crippen molar-refractivity contribution in [3.63, 3.8) is 0 Å². The van der Waals surface area contributed by atoms with Gasteiger partial charge in [0.1, 0.15) is 11.4 Å². The Kier molecular flexibility index (Phi) is 5.24. The molecule has 1 aromatic carbocycles. The van der Waals surface area contributed by atoms with Crippen LogP contribution in [0, 0.1) is 0 Å². The molecule has 2 aliphatic rings. The molecule has 26 heavy (non-hydrogen) atoms. The number of hydrogen-bond donors (Lipinski definition) is 0. The fourth-order valence-corrected chi connectivity index (χ4v) is 6.55. The van der Waals surface area contributed by atoms with Crippen molar-refractivity contribution in [3.8, 4) is 0 Å². The number of ether oxygens (including phenoxy) is 1. The number of rotatable bonds is 5. The zero-order chi connectivity index (χ0) is 19.3. The Hall–Kier alpha value is -0.620. The van der Waals surface area contributed by atoms with Crippen molar-refractivity contribution in [3.05, 3.63) is 30.3 Å². The highest BCUT2D eigenvalue weighted by Crippen LogP contribution is 2.60. The second kappa shape index (κ2) is 6.77. The molecule has 0 bridgehead atoms. The summed E-state index contributed by atoms with van der Waals surface area (Å²) >= 11 is 8.09. The van der Waals surface area contributed by atoms with Crippen LogP contribution < -0.4 is 0 Å². The zero-order valence-corrected chi connectivity index (χ0v) is 18.5. The molecule has 2 aliphatic heterocycles. The van der Waals surface area contributed by atoms with E-state index in [1.54, 1.807) is 18.2 Å². The van der Waals surface area contributed by atoms with E-state index in [1.807, 2.05) is 13.8 Å². The first-order valence-corrected chi connectivity index (χ1v) is 11.4. The first-order valence-electron chi connectivity index (χ1n) is 7.48. The number of halogens is 2. The lowest BCUT2D eigenvalue weighted by molar-refractivity contribution is -0.165. The number of carbonyl (C=O) groups is 2. The van der Waals surface area contributed by atoms with E-state index >= 15 is 0 Å². The summed E-state index contributed by atoms with van der Waals surface area (Å²) in [4.78, 5) is 26.2. The molecular formula is C15H15Br2NO6S2. The minimum absolute atomic E-state index is 0.0332. The summed E-state index contributed by atoms with van der Waals surface area (Å²) in [7, 11) is -4.03. The average molecular weight is 529 g/mol. The van der Waals surface area contributed by atoms with Gasteiger partial charge in [0.05, 0.1) is 4.90 Å². The molecule has 0 radical (unpaired) electrons. The summed E-state index contributed by atoms with van der Waals surface area (Å²) in [6.07, 6.45) is 0. The SMILES string of the molecule is CC1(C)S[C@H]2N(C(=O)C2(Br)Br)[C@H]1C(=O)OCOS(=O)(=O)c1ccccc1. The Morgan fingerprint density at radius 1 is 1.27 bits per heavy atom. The summed E-state index contributed by atoms with van der Waals surface area (Å²) in [6.45, 7) is 2.90. The molecule has 1 amide bonds. The largest absolute Gasteiger partial charge is 0.436 e. The Labute approximate surface area is 172 Å². The molecule has 0 saturated carbocycles. The maximum Gasteiger partial charge on any atom is 0.332 e. The van der Waals surface area contributed by atoms with Crippen molar-refractivity contribution in [1.82, 2.24) is 4.90 Å². The maximum absolute atomic E-state index is 12.5. The van der Waals surface area contributed by atoms with Gasteiger partial charge in [0, 0.05) is 4.75 Å². The molecule has 142 valence electrons. The maximum atomic E-state index is 12.5. The van der Waals surface area contributed by atoms with Gasteiger partial charge >= 0.3 is 5.97 Å². The zero-order valence-electron chi connectivity index (χ0n) is 13.7. The van der Waals surface area contributed by atoms with E-state index in [9.17, 15) is 18.0 Å². The summed E-state index contributed by atoms with van der Waals surface area (Å²) < 4.78 is 32.3. The fourth-order valence-electron chi connectivity index (χ4n) is 2.84. The smallest absolute Gasteiger partial charge is 0.332 e. The number of alkyl halides is 2. The quantitative estimate of drug-likeness (QED) is 0.190. The number of thioether (sulfide) groups is 1. The van der Waals surface area contributed by atoms with Gasteiger partial charge in [-0.25, -0.2) is 8.98 Å². The number of carbonyl (C=O) groups excluding carboxylic acids is 2. The first-order chi connectivity index (χ1) is 12.0. The van der Waals surface area contributed by atoms with Crippen LogP contribution in [-0.2, 0) is 28.6 Å². The Morgan fingerprint density at radius 3 is 2.50 bits per heavy atom. The lowest BCUT2D eigenvalue weighted by atomic mass is 9.98. The topological polar surface area (TPSA) is 90.0 Å². The second-order valence-corrected chi connectivity index (χ2v) is 13.2. The van der Waals surface area contributed by atoms with E-state index in [1.165, 1.54) is 28.8 Å². The number of amides is 1. The molecule has 0 aliphatic carbocycles. The summed E-state index contributed by atoms with van der Waals surface area (Å²) in [5, 5.41) is -0.267. The third-order valence-electron chi connectivity index (χ3n) is 4.09. The summed E-state index contributed by atoms with van der Waals surface area (Å²) in [5.74, 6) is -0.988. The van der Waals surface area contributed by atoms with Crippen molar-refractivity contribution in [2.75, 3.05) is 6.79 Å². The molecular weight excluding hydrogens is 514 g/mol. The third kappa shape index (κ3) is 3.32. The van der Waals surface area contributed by atoms with Crippen molar-refractivity contribution in [1.29, 1.82) is 0 Å². The van der Waals surface area contributed by atoms with Crippen LogP contribution in [0.25, 0.3) is 0 Å². The number of nitrogens with zero attached hydrogens (tertiary/aromatic N) is 1. The van der Waals surface area contributed by atoms with Crippen LogP contribution >= 0.6 is 43.6 Å². The highest BCUT2D eigenvalue weighted by atomic mass is 79.9. The Bertz CT molecular complexity index is 843. The molecule has 0 unspecified atom stereocenters. The van der Waals surface area contributed by atoms with Gasteiger partial charge in [0.2, 0.25) is 6.79 Å². The van der Waals surface area contributed by atoms with Crippen LogP contribution in [0.15, 0.2) is 35.2 Å². The van der Waals surface area contributed by atoms with Gasteiger partial charge in [0.25, 0.3) is 16.0 Å². The standard InChI is InChI=1S/C15H15Br2NO6S2/c1-14(2)10(18-12(20)15(16,17)13(18)25-14)11(19)23-8-24-26(21,22)9-6-4-3-5-7-9/h3-7,10,13H,8H2,1-2H3/t10-,13+/m0/s1. The average Bonchev–Trinajstić information content (AvgIpc) is 2.85. The molecule has 0 spiro atoms. The van der Waals surface area contributed by atoms with E-state index in [0.717, 1.165) is 0 Å². The van der Waals surface area contributed by atoms with Gasteiger partial charge < -0.3 is 9.64 Å². The van der Waals surface area contributed by atoms with Gasteiger partial charge in [-0.1, -0.05) is 50.1 Å². The minimum atomic E-state index is -4.03. The number of β-lactam (4-membered cyclic amide) rings is 1. The molecule has 1 aromatic rings. The van der Waals surface area contributed by atoms with Crippen molar-refractivity contribution in [2.45, 2.75) is 38.1 Å². The summed E-state index contributed by atoms with van der Waals surface area (Å²) in [5.41, 5.74) is 0. The molecule has 2 heterocycles. The van der Waals surface area contributed by atoms with Crippen molar-refractivity contribution >= 4 is 65.6 Å². The predicted molar refractivity (Wildman–Crippen MR) is 102 cm³/mol. The Morgan fingerprint density at radius 2 is 1.88 bits per heavy atom. The molecule has 2 saturated heterocycles. The van der Waals surface area contributed by atoms with Crippen LogP contribution in [0.4, 0.5) is 0 Å². The third-order valence-corrected chi connectivity index (χ3v) is 9.14. The highest BCUT2D eigenvalue weighted by Gasteiger charge is 2.70. The van der Waals surface area contributed by atoms with Crippen LogP contribution in [0.2, 0.25) is 0 Å². The van der Waals surface area contributed by atoms with Crippen LogP contribution in [-0.4, -0.2) is 51.4 Å². The van der Waals surface area contributed by atoms with Crippen molar-refractivity contribution in [2.24, 2.45) is 0 Å². The molecule has 2 atom stereocenters. The molecule has 0 aromatic heterocycles. The van der Waals surface area contributed by atoms with E-state index in [4.69, 9.17) is 8.92 Å². The molecule has 7 nitrogen and oxygen atoms in total. The second-order valence-electron chi connectivity index (χ2n) is 6.28. The van der Waals surface area contributed by atoms with Crippen LogP contribution in [0.3, 0.4) is 0 Å². The Balaban J connectivity index is 1.65. The van der Waals surface area contributed by atoms with Gasteiger partial charge in [-0.2, -0.15) is 8.42 Å². The normalized spacial score (nSPS) is 26.2. The van der Waals surface area contributed by atoms with Gasteiger partial charge in [-0.15, -0.1) is 11.8 Å². The lowest BCUT2D eigenvalue weighted by Gasteiger charge is -2.46. The molecule has 2 fully saturated rings. The highest BCUT2D eigenvalue weighted by molar-refractivity contribution is 9.26. The van der Waals surface area contributed by atoms with Crippen LogP contribution in [0.5, 0.6) is 0 Å². The molecule has 11 heteroatoms. The number of benzene rings is 1. The van der Waals surface area contributed by atoms with Gasteiger partial charge in [0.15, 0.2) is 3.23 Å². The fraction of sp³-hybridized carbons (Fsp3) is 0.467. The van der Waals surface area contributed by atoms with Crippen molar-refractivity contribution < 1.29 is 26.9 Å². The minimum Gasteiger partial charge on any atom is -0.436 e. The van der Waals surface area contributed by atoms with E-state index in [2.05, 4.69) is 31.9 Å². The first kappa shape index (κ1) is 20.1.